The standard InChI is InChI=1S/C24H20N4/c1-15-19(14-25)24-27-20-9-5-6-10-21(20)28(24)23(17-11-12-18(26)13-17)22(15)16-7-3-2-4-8-16/h2-10,13,18H,11-12,26H2,1H3. The van der Waals surface area contributed by atoms with E-state index in [1.165, 1.54) is 5.57 Å². The van der Waals surface area contributed by atoms with Crippen LogP contribution in [0.15, 0.2) is 60.7 Å². The van der Waals surface area contributed by atoms with Gasteiger partial charge in [-0.1, -0.05) is 48.5 Å². The normalized spacial score (nSPS) is 16.5. The van der Waals surface area contributed by atoms with Crippen LogP contribution in [0, 0.1) is 18.3 Å². The number of hydrogen-bond acceptors (Lipinski definition) is 3. The van der Waals surface area contributed by atoms with Crippen LogP contribution in [0.1, 0.15) is 29.7 Å². The highest BCUT2D eigenvalue weighted by Crippen LogP contribution is 2.40. The molecule has 2 aromatic carbocycles. The van der Waals surface area contributed by atoms with E-state index < -0.39 is 0 Å². The Hall–Kier alpha value is -3.42. The zero-order valence-electron chi connectivity index (χ0n) is 15.7. The van der Waals surface area contributed by atoms with E-state index in [9.17, 15) is 5.26 Å². The van der Waals surface area contributed by atoms with Crippen LogP contribution >= 0.6 is 0 Å². The summed E-state index contributed by atoms with van der Waals surface area (Å²) in [6.45, 7) is 2.03. The highest BCUT2D eigenvalue weighted by Gasteiger charge is 2.25. The molecule has 0 amide bonds. The van der Waals surface area contributed by atoms with E-state index in [0.29, 0.717) is 5.56 Å². The third-order valence-corrected chi connectivity index (χ3v) is 5.64. The van der Waals surface area contributed by atoms with Crippen LogP contribution in [-0.4, -0.2) is 15.4 Å². The van der Waals surface area contributed by atoms with Crippen molar-refractivity contribution in [1.29, 1.82) is 5.26 Å². The summed E-state index contributed by atoms with van der Waals surface area (Å²) in [6.07, 6.45) is 4.03. The molecule has 0 bridgehead atoms. The number of nitriles is 1. The average molecular weight is 364 g/mol. The van der Waals surface area contributed by atoms with E-state index in [2.05, 4.69) is 34.7 Å². The van der Waals surface area contributed by atoms with Crippen molar-refractivity contribution in [2.75, 3.05) is 0 Å². The van der Waals surface area contributed by atoms with E-state index in [0.717, 1.165) is 51.9 Å². The topological polar surface area (TPSA) is 67.1 Å². The number of nitrogens with two attached hydrogens (primary N) is 1. The van der Waals surface area contributed by atoms with Crippen molar-refractivity contribution < 1.29 is 0 Å². The maximum absolute atomic E-state index is 9.97. The predicted molar refractivity (Wildman–Crippen MR) is 113 cm³/mol. The predicted octanol–water partition coefficient (Wildman–Crippen LogP) is 4.84. The number of benzene rings is 2. The second-order valence-electron chi connectivity index (χ2n) is 7.36. The molecule has 0 saturated heterocycles. The highest BCUT2D eigenvalue weighted by atomic mass is 15.0. The summed E-state index contributed by atoms with van der Waals surface area (Å²) >= 11 is 0. The maximum Gasteiger partial charge on any atom is 0.156 e. The third kappa shape index (κ3) is 2.37. The number of imidazole rings is 1. The monoisotopic (exact) mass is 364 g/mol. The zero-order valence-corrected chi connectivity index (χ0v) is 15.7. The minimum atomic E-state index is 0.0689. The fraction of sp³-hybridized carbons (Fsp3) is 0.167. The Bertz CT molecular complexity index is 1290. The van der Waals surface area contributed by atoms with Gasteiger partial charge in [0, 0.05) is 11.6 Å². The molecule has 1 aliphatic rings. The summed E-state index contributed by atoms with van der Waals surface area (Å²) in [6, 6.07) is 20.8. The van der Waals surface area contributed by atoms with Gasteiger partial charge in [0.2, 0.25) is 0 Å². The summed E-state index contributed by atoms with van der Waals surface area (Å²) in [5.41, 5.74) is 15.0. The molecule has 2 N–H and O–H groups in total. The molecule has 1 atom stereocenters. The van der Waals surface area contributed by atoms with Crippen molar-refractivity contribution in [2.45, 2.75) is 25.8 Å². The Morgan fingerprint density at radius 2 is 1.86 bits per heavy atom. The highest BCUT2D eigenvalue weighted by molar-refractivity contribution is 5.92. The number of pyridine rings is 1. The van der Waals surface area contributed by atoms with Crippen LogP contribution in [0.5, 0.6) is 0 Å². The second kappa shape index (κ2) is 6.33. The van der Waals surface area contributed by atoms with Crippen LogP contribution in [-0.2, 0) is 0 Å². The van der Waals surface area contributed by atoms with Crippen molar-refractivity contribution >= 4 is 22.3 Å². The van der Waals surface area contributed by atoms with Gasteiger partial charge in [-0.2, -0.15) is 5.26 Å². The molecule has 2 heterocycles. The van der Waals surface area contributed by atoms with Crippen LogP contribution in [0.2, 0.25) is 0 Å². The lowest BCUT2D eigenvalue weighted by Gasteiger charge is -2.19. The molecule has 4 heteroatoms. The zero-order chi connectivity index (χ0) is 19.3. The van der Waals surface area contributed by atoms with Gasteiger partial charge < -0.3 is 5.73 Å². The maximum atomic E-state index is 9.97. The van der Waals surface area contributed by atoms with Crippen LogP contribution in [0.25, 0.3) is 33.4 Å². The molecule has 0 aliphatic heterocycles. The number of allylic oxidation sites excluding steroid dienone is 1. The minimum Gasteiger partial charge on any atom is -0.324 e. The average Bonchev–Trinajstić information content (AvgIpc) is 3.31. The van der Waals surface area contributed by atoms with Gasteiger partial charge in [-0.3, -0.25) is 4.40 Å². The van der Waals surface area contributed by atoms with Crippen molar-refractivity contribution in [3.05, 3.63) is 77.5 Å². The summed E-state index contributed by atoms with van der Waals surface area (Å²) in [4.78, 5) is 4.81. The van der Waals surface area contributed by atoms with Crippen molar-refractivity contribution in [1.82, 2.24) is 9.38 Å². The fourth-order valence-corrected chi connectivity index (χ4v) is 4.34. The molecule has 0 fully saturated rings. The van der Waals surface area contributed by atoms with E-state index in [-0.39, 0.29) is 6.04 Å². The Morgan fingerprint density at radius 1 is 1.11 bits per heavy atom. The van der Waals surface area contributed by atoms with Crippen LogP contribution in [0.3, 0.4) is 0 Å². The summed E-state index contributed by atoms with van der Waals surface area (Å²) in [7, 11) is 0. The Labute approximate surface area is 163 Å². The minimum absolute atomic E-state index is 0.0689. The van der Waals surface area contributed by atoms with E-state index in [4.69, 9.17) is 10.7 Å². The molecule has 2 aromatic heterocycles. The van der Waals surface area contributed by atoms with Gasteiger partial charge in [0.05, 0.1) is 22.3 Å². The Morgan fingerprint density at radius 3 is 2.57 bits per heavy atom. The number of hydrogen-bond donors (Lipinski definition) is 1. The molecule has 4 nitrogen and oxygen atoms in total. The molecule has 5 rings (SSSR count). The molecule has 0 radical (unpaired) electrons. The second-order valence-corrected chi connectivity index (χ2v) is 7.36. The van der Waals surface area contributed by atoms with Gasteiger partial charge in [0.1, 0.15) is 6.07 Å². The number of nitrogens with zero attached hydrogens (tertiary/aromatic N) is 3. The van der Waals surface area contributed by atoms with E-state index in [1.54, 1.807) is 0 Å². The number of para-hydroxylation sites is 2. The van der Waals surface area contributed by atoms with Crippen molar-refractivity contribution in [3.63, 3.8) is 0 Å². The lowest BCUT2D eigenvalue weighted by atomic mass is 9.92. The smallest absolute Gasteiger partial charge is 0.156 e. The van der Waals surface area contributed by atoms with Gasteiger partial charge in [0.15, 0.2) is 5.65 Å². The number of fused-ring (bicyclic) bond motifs is 3. The summed E-state index contributed by atoms with van der Waals surface area (Å²) < 4.78 is 2.16. The SMILES string of the molecule is Cc1c(-c2ccccc2)c(C2=CC(N)CC2)n2c(nc3ccccc32)c1C#N. The van der Waals surface area contributed by atoms with Gasteiger partial charge in [0.25, 0.3) is 0 Å². The molecular formula is C24H20N4. The molecule has 4 aromatic rings. The van der Waals surface area contributed by atoms with Gasteiger partial charge in [-0.05, 0) is 48.6 Å². The van der Waals surface area contributed by atoms with Gasteiger partial charge >= 0.3 is 0 Å². The molecule has 136 valence electrons. The molecule has 1 unspecified atom stereocenters. The first kappa shape index (κ1) is 16.7. The van der Waals surface area contributed by atoms with E-state index >= 15 is 0 Å². The van der Waals surface area contributed by atoms with Crippen molar-refractivity contribution in [3.8, 4) is 17.2 Å². The first-order valence-electron chi connectivity index (χ1n) is 9.55. The van der Waals surface area contributed by atoms with Crippen LogP contribution < -0.4 is 5.73 Å². The number of rotatable bonds is 2. The largest absolute Gasteiger partial charge is 0.324 e. The molecular weight excluding hydrogens is 344 g/mol. The summed E-state index contributed by atoms with van der Waals surface area (Å²) in [5, 5.41) is 9.97. The van der Waals surface area contributed by atoms with Gasteiger partial charge in [-0.15, -0.1) is 0 Å². The summed E-state index contributed by atoms with van der Waals surface area (Å²) in [5.74, 6) is 0. The lowest BCUT2D eigenvalue weighted by Crippen LogP contribution is -2.11. The molecule has 0 saturated carbocycles. The quantitative estimate of drug-likeness (QED) is 0.553. The first-order chi connectivity index (χ1) is 13.7. The van der Waals surface area contributed by atoms with Crippen molar-refractivity contribution in [2.24, 2.45) is 5.73 Å². The Kier molecular flexibility index (Phi) is 3.78. The fourth-order valence-electron chi connectivity index (χ4n) is 4.34. The number of aromatic nitrogens is 2. The molecule has 28 heavy (non-hydrogen) atoms. The molecule has 1 aliphatic carbocycles. The van der Waals surface area contributed by atoms with Gasteiger partial charge in [-0.25, -0.2) is 4.98 Å². The first-order valence-corrected chi connectivity index (χ1v) is 9.55. The third-order valence-electron chi connectivity index (χ3n) is 5.64. The lowest BCUT2D eigenvalue weighted by molar-refractivity contribution is 0.782. The van der Waals surface area contributed by atoms with E-state index in [1.807, 2.05) is 43.3 Å². The Balaban J connectivity index is 2.03. The van der Waals surface area contributed by atoms with Crippen LogP contribution in [0.4, 0.5) is 0 Å². The molecule has 0 spiro atoms.